The second kappa shape index (κ2) is 6.24. The first-order valence-electron chi connectivity index (χ1n) is 6.87. The summed E-state index contributed by atoms with van der Waals surface area (Å²) in [5.41, 5.74) is -1.47. The van der Waals surface area contributed by atoms with Gasteiger partial charge in [0.1, 0.15) is 11.8 Å². The monoisotopic (exact) mass is 363 g/mol. The zero-order valence-corrected chi connectivity index (χ0v) is 12.9. The number of amides is 1. The van der Waals surface area contributed by atoms with E-state index in [9.17, 15) is 18.0 Å². The molecule has 3 aromatic rings. The van der Waals surface area contributed by atoms with E-state index in [1.165, 1.54) is 19.3 Å². The topological polar surface area (TPSA) is 127 Å². The number of anilines is 1. The van der Waals surface area contributed by atoms with Gasteiger partial charge in [-0.3, -0.25) is 10.1 Å². The fourth-order valence-corrected chi connectivity index (χ4v) is 1.96. The first-order valence-corrected chi connectivity index (χ1v) is 6.87. The molecule has 1 N–H and O–H groups in total. The van der Waals surface area contributed by atoms with Crippen molar-refractivity contribution < 1.29 is 18.0 Å². The normalized spacial score (nSPS) is 11.2. The van der Waals surface area contributed by atoms with Gasteiger partial charge in [0.25, 0.3) is 5.91 Å². The van der Waals surface area contributed by atoms with E-state index >= 15 is 0 Å². The molecule has 3 aromatic heterocycles. The molecule has 0 spiro atoms. The molecule has 1 amide bonds. The summed E-state index contributed by atoms with van der Waals surface area (Å²) in [6.07, 6.45) is -3.50. The minimum atomic E-state index is -4.72. The molecule has 0 bridgehead atoms. The second-order valence-electron chi connectivity index (χ2n) is 4.90. The van der Waals surface area contributed by atoms with Crippen molar-refractivity contribution in [2.24, 2.45) is 7.05 Å². The maximum absolute atomic E-state index is 13.0. The summed E-state index contributed by atoms with van der Waals surface area (Å²) in [6, 6.07) is 4.64. The van der Waals surface area contributed by atoms with Crippen molar-refractivity contribution in [1.82, 2.24) is 35.0 Å². The number of carbonyl (C=O) groups is 1. The Bertz CT molecular complexity index is 1010. The second-order valence-corrected chi connectivity index (χ2v) is 4.90. The number of carbonyl (C=O) groups excluding carboxylic acids is 1. The lowest BCUT2D eigenvalue weighted by molar-refractivity contribution is -0.141. The highest BCUT2D eigenvalue weighted by Gasteiger charge is 2.34. The van der Waals surface area contributed by atoms with Gasteiger partial charge in [0.05, 0.1) is 5.56 Å². The van der Waals surface area contributed by atoms with Crippen LogP contribution >= 0.6 is 0 Å². The highest BCUT2D eigenvalue weighted by atomic mass is 19.4. The smallest absolute Gasteiger partial charge is 0.289 e. The molecule has 3 rings (SSSR count). The number of nitrogens with zero attached hydrogens (tertiary/aromatic N) is 8. The molecule has 3 heterocycles. The molecule has 26 heavy (non-hydrogen) atoms. The number of aryl methyl sites for hydroxylation is 1. The molecule has 0 radical (unpaired) electrons. The summed E-state index contributed by atoms with van der Waals surface area (Å²) in [4.78, 5) is 15.9. The number of tetrazole rings is 1. The van der Waals surface area contributed by atoms with Gasteiger partial charge in [-0.2, -0.15) is 23.5 Å². The molecule has 132 valence electrons. The zero-order chi connectivity index (χ0) is 18.9. The first kappa shape index (κ1) is 17.0. The van der Waals surface area contributed by atoms with E-state index in [-0.39, 0.29) is 17.2 Å². The van der Waals surface area contributed by atoms with Crippen molar-refractivity contribution in [1.29, 1.82) is 5.26 Å². The van der Waals surface area contributed by atoms with Crippen LogP contribution in [0.1, 0.15) is 21.7 Å². The van der Waals surface area contributed by atoms with Gasteiger partial charge in [-0.15, -0.1) is 0 Å². The molecule has 0 aliphatic carbocycles. The summed E-state index contributed by atoms with van der Waals surface area (Å²) in [6.45, 7) is 0. The Morgan fingerprint density at radius 3 is 2.65 bits per heavy atom. The van der Waals surface area contributed by atoms with Crippen molar-refractivity contribution in [2.75, 3.05) is 5.32 Å². The molecule has 0 atom stereocenters. The van der Waals surface area contributed by atoms with Crippen LogP contribution in [0.3, 0.4) is 0 Å². The van der Waals surface area contributed by atoms with E-state index in [1.807, 2.05) is 0 Å². The van der Waals surface area contributed by atoms with Crippen LogP contribution in [0.2, 0.25) is 0 Å². The number of aromatic nitrogens is 7. The average Bonchev–Trinajstić information content (AvgIpc) is 3.23. The molecule has 0 fully saturated rings. The number of hydrogen-bond acceptors (Lipinski definition) is 7. The van der Waals surface area contributed by atoms with E-state index < -0.39 is 23.6 Å². The van der Waals surface area contributed by atoms with Crippen molar-refractivity contribution >= 4 is 11.9 Å². The van der Waals surface area contributed by atoms with Crippen LogP contribution in [0, 0.1) is 11.3 Å². The van der Waals surface area contributed by atoms with Gasteiger partial charge in [-0.1, -0.05) is 5.10 Å². The number of halogens is 3. The predicted octanol–water partition coefficient (Wildman–Crippen LogP) is 0.934. The predicted molar refractivity (Wildman–Crippen MR) is 77.8 cm³/mol. The lowest BCUT2D eigenvalue weighted by atomic mass is 10.2. The molecule has 0 aliphatic rings. The standard InChI is InChI=1S/C13H8F3N9O/c1-24-12(20-22-23-24)19-11(26)8-2-3-9(13(14,15)16)18-10(8)25-5-4-7(6-17)21-25/h2-5H,1H3,(H,19,20,23,26). The third-order valence-corrected chi connectivity index (χ3v) is 3.18. The van der Waals surface area contributed by atoms with Crippen LogP contribution < -0.4 is 5.32 Å². The molecular formula is C13H8F3N9O. The van der Waals surface area contributed by atoms with Crippen molar-refractivity contribution in [2.45, 2.75) is 6.18 Å². The quantitative estimate of drug-likeness (QED) is 0.733. The van der Waals surface area contributed by atoms with Crippen molar-refractivity contribution in [3.05, 3.63) is 41.3 Å². The van der Waals surface area contributed by atoms with Gasteiger partial charge in [0.2, 0.25) is 5.95 Å². The fraction of sp³-hybridized carbons (Fsp3) is 0.154. The number of nitrogens with one attached hydrogen (secondary N) is 1. The van der Waals surface area contributed by atoms with E-state index in [1.54, 1.807) is 6.07 Å². The number of pyridine rings is 1. The molecule has 0 aromatic carbocycles. The molecule has 0 saturated heterocycles. The summed E-state index contributed by atoms with van der Waals surface area (Å²) in [5, 5.41) is 25.4. The van der Waals surface area contributed by atoms with Gasteiger partial charge in [-0.05, 0) is 28.6 Å². The van der Waals surface area contributed by atoms with Gasteiger partial charge in [-0.25, -0.2) is 14.3 Å². The maximum atomic E-state index is 13.0. The van der Waals surface area contributed by atoms with Crippen LogP contribution in [-0.4, -0.2) is 40.9 Å². The maximum Gasteiger partial charge on any atom is 0.433 e. The first-order chi connectivity index (χ1) is 12.3. The van der Waals surface area contributed by atoms with Gasteiger partial charge in [0, 0.05) is 13.2 Å². The van der Waals surface area contributed by atoms with Crippen LogP contribution in [0.15, 0.2) is 24.4 Å². The highest BCUT2D eigenvalue weighted by Crippen LogP contribution is 2.29. The number of nitriles is 1. The number of alkyl halides is 3. The SMILES string of the molecule is Cn1nnnc1NC(=O)c1ccc(C(F)(F)F)nc1-n1ccc(C#N)n1. The molecular weight excluding hydrogens is 355 g/mol. The van der Waals surface area contributed by atoms with Crippen LogP contribution in [-0.2, 0) is 13.2 Å². The number of rotatable bonds is 3. The van der Waals surface area contributed by atoms with Crippen LogP contribution in [0.5, 0.6) is 0 Å². The summed E-state index contributed by atoms with van der Waals surface area (Å²) in [7, 11) is 1.47. The van der Waals surface area contributed by atoms with Gasteiger partial charge in [0.15, 0.2) is 11.5 Å². The van der Waals surface area contributed by atoms with Crippen LogP contribution in [0.4, 0.5) is 19.1 Å². The van der Waals surface area contributed by atoms with Gasteiger partial charge < -0.3 is 0 Å². The fourth-order valence-electron chi connectivity index (χ4n) is 1.96. The number of hydrogen-bond donors (Lipinski definition) is 1. The minimum absolute atomic E-state index is 0.0148. The average molecular weight is 363 g/mol. The summed E-state index contributed by atoms with van der Waals surface area (Å²) in [5.74, 6) is -1.21. The Balaban J connectivity index is 2.07. The van der Waals surface area contributed by atoms with Crippen molar-refractivity contribution in [3.8, 4) is 11.9 Å². The summed E-state index contributed by atoms with van der Waals surface area (Å²) >= 11 is 0. The molecule has 13 heteroatoms. The lowest BCUT2D eigenvalue weighted by Crippen LogP contribution is -2.20. The van der Waals surface area contributed by atoms with Crippen LogP contribution in [0.25, 0.3) is 5.82 Å². The highest BCUT2D eigenvalue weighted by molar-refractivity contribution is 6.05. The Labute approximate surface area is 142 Å². The summed E-state index contributed by atoms with van der Waals surface area (Å²) < 4.78 is 41.0. The third-order valence-electron chi connectivity index (χ3n) is 3.18. The molecule has 10 nitrogen and oxygen atoms in total. The van der Waals surface area contributed by atoms with E-state index in [2.05, 4.69) is 30.9 Å². The van der Waals surface area contributed by atoms with Gasteiger partial charge >= 0.3 is 6.18 Å². The van der Waals surface area contributed by atoms with Crippen molar-refractivity contribution in [3.63, 3.8) is 0 Å². The molecule has 0 aliphatic heterocycles. The Morgan fingerprint density at radius 2 is 2.08 bits per heavy atom. The Kier molecular flexibility index (Phi) is 4.08. The largest absolute Gasteiger partial charge is 0.433 e. The van der Waals surface area contributed by atoms with E-state index in [0.29, 0.717) is 6.07 Å². The van der Waals surface area contributed by atoms with E-state index in [4.69, 9.17) is 5.26 Å². The molecule has 0 unspecified atom stereocenters. The minimum Gasteiger partial charge on any atom is -0.289 e. The van der Waals surface area contributed by atoms with E-state index in [0.717, 1.165) is 15.4 Å². The third kappa shape index (κ3) is 3.20. The molecule has 0 saturated carbocycles. The Morgan fingerprint density at radius 1 is 1.31 bits per heavy atom. The lowest BCUT2D eigenvalue weighted by Gasteiger charge is -2.12. The Hall–Kier alpha value is -3.82. The zero-order valence-electron chi connectivity index (χ0n) is 12.9.